The Hall–Kier alpha value is -0.900. The molecule has 0 aliphatic heterocycles. The molecule has 1 N–H and O–H groups in total. The average Bonchev–Trinajstić information content (AvgIpc) is 2.77. The molecule has 1 aliphatic rings. The summed E-state index contributed by atoms with van der Waals surface area (Å²) < 4.78 is 37.8. The van der Waals surface area contributed by atoms with Crippen molar-refractivity contribution in [2.24, 2.45) is 5.92 Å². The largest absolute Gasteiger partial charge is 0.416 e. The number of alkyl halides is 3. The molecule has 2 rings (SSSR count). The molecule has 0 radical (unpaired) electrons. The van der Waals surface area contributed by atoms with Crippen molar-refractivity contribution in [2.75, 3.05) is 11.9 Å². The standard InChI is InChI=1S/C13H15ClF3N/c14-11-5-10(13(15,16)17)6-12(7-11)18-8-9-3-1-2-4-9/h5-7,9,18H,1-4,8H2. The third-order valence-corrected chi connectivity index (χ3v) is 3.51. The second-order valence-electron chi connectivity index (χ2n) is 4.76. The van der Waals surface area contributed by atoms with Gasteiger partial charge in [-0.15, -0.1) is 0 Å². The first kappa shape index (κ1) is 13.5. The Balaban J connectivity index is 2.05. The van der Waals surface area contributed by atoms with Crippen molar-refractivity contribution in [2.45, 2.75) is 31.9 Å². The lowest BCUT2D eigenvalue weighted by Gasteiger charge is -2.14. The van der Waals surface area contributed by atoms with Gasteiger partial charge in [-0.3, -0.25) is 0 Å². The summed E-state index contributed by atoms with van der Waals surface area (Å²) in [6, 6.07) is 3.59. The van der Waals surface area contributed by atoms with E-state index in [-0.39, 0.29) is 5.02 Å². The molecule has 1 aromatic carbocycles. The zero-order valence-electron chi connectivity index (χ0n) is 9.86. The first-order valence-electron chi connectivity index (χ1n) is 6.07. The van der Waals surface area contributed by atoms with E-state index in [1.165, 1.54) is 18.9 Å². The summed E-state index contributed by atoms with van der Waals surface area (Å²) in [7, 11) is 0. The summed E-state index contributed by atoms with van der Waals surface area (Å²) in [5, 5.41) is 3.17. The fourth-order valence-corrected chi connectivity index (χ4v) is 2.57. The molecule has 0 heterocycles. The van der Waals surface area contributed by atoms with Gasteiger partial charge in [-0.1, -0.05) is 24.4 Å². The van der Waals surface area contributed by atoms with E-state index in [0.29, 0.717) is 11.6 Å². The first-order chi connectivity index (χ1) is 8.45. The van der Waals surface area contributed by atoms with Crippen LogP contribution in [0.5, 0.6) is 0 Å². The van der Waals surface area contributed by atoms with Gasteiger partial charge in [0.2, 0.25) is 0 Å². The number of hydrogen-bond donors (Lipinski definition) is 1. The van der Waals surface area contributed by atoms with Crippen LogP contribution >= 0.6 is 11.6 Å². The van der Waals surface area contributed by atoms with E-state index < -0.39 is 11.7 Å². The highest BCUT2D eigenvalue weighted by atomic mass is 35.5. The molecule has 0 saturated heterocycles. The van der Waals surface area contributed by atoms with E-state index >= 15 is 0 Å². The molecular formula is C13H15ClF3N. The molecule has 0 spiro atoms. The monoisotopic (exact) mass is 277 g/mol. The van der Waals surface area contributed by atoms with E-state index in [9.17, 15) is 13.2 Å². The SMILES string of the molecule is FC(F)(F)c1cc(Cl)cc(NCC2CCCC2)c1. The Morgan fingerprint density at radius 2 is 1.83 bits per heavy atom. The van der Waals surface area contributed by atoms with E-state index in [1.807, 2.05) is 0 Å². The zero-order valence-corrected chi connectivity index (χ0v) is 10.6. The Labute approximate surface area is 109 Å². The van der Waals surface area contributed by atoms with Crippen LogP contribution in [0.4, 0.5) is 18.9 Å². The maximum Gasteiger partial charge on any atom is 0.416 e. The number of halogens is 4. The lowest BCUT2D eigenvalue weighted by molar-refractivity contribution is -0.137. The number of benzene rings is 1. The molecule has 1 saturated carbocycles. The van der Waals surface area contributed by atoms with E-state index in [1.54, 1.807) is 0 Å². The van der Waals surface area contributed by atoms with Gasteiger partial charge < -0.3 is 5.32 Å². The predicted molar refractivity (Wildman–Crippen MR) is 66.9 cm³/mol. The van der Waals surface area contributed by atoms with E-state index in [0.717, 1.165) is 31.5 Å². The highest BCUT2D eigenvalue weighted by Gasteiger charge is 2.31. The first-order valence-corrected chi connectivity index (χ1v) is 6.44. The van der Waals surface area contributed by atoms with Gasteiger partial charge in [0.1, 0.15) is 0 Å². The molecule has 100 valence electrons. The fourth-order valence-electron chi connectivity index (χ4n) is 2.33. The third kappa shape index (κ3) is 3.55. The van der Waals surface area contributed by atoms with Crippen molar-refractivity contribution in [3.8, 4) is 0 Å². The highest BCUT2D eigenvalue weighted by Crippen LogP contribution is 2.33. The Morgan fingerprint density at radius 3 is 2.44 bits per heavy atom. The van der Waals surface area contributed by atoms with Crippen molar-refractivity contribution >= 4 is 17.3 Å². The van der Waals surface area contributed by atoms with Gasteiger partial charge >= 0.3 is 6.18 Å². The molecule has 18 heavy (non-hydrogen) atoms. The smallest absolute Gasteiger partial charge is 0.385 e. The van der Waals surface area contributed by atoms with E-state index in [4.69, 9.17) is 11.6 Å². The Bertz CT molecular complexity index is 411. The third-order valence-electron chi connectivity index (χ3n) is 3.29. The van der Waals surface area contributed by atoms with Crippen LogP contribution in [0.2, 0.25) is 5.02 Å². The average molecular weight is 278 g/mol. The van der Waals surface area contributed by atoms with Crippen LogP contribution in [-0.4, -0.2) is 6.54 Å². The quantitative estimate of drug-likeness (QED) is 0.823. The molecule has 5 heteroatoms. The highest BCUT2D eigenvalue weighted by molar-refractivity contribution is 6.30. The Kier molecular flexibility index (Phi) is 4.05. The summed E-state index contributed by atoms with van der Waals surface area (Å²) in [4.78, 5) is 0. The number of rotatable bonds is 3. The summed E-state index contributed by atoms with van der Waals surface area (Å²) >= 11 is 5.71. The van der Waals surface area contributed by atoms with Crippen LogP contribution in [-0.2, 0) is 6.18 Å². The van der Waals surface area contributed by atoms with Crippen LogP contribution in [0.3, 0.4) is 0 Å². The summed E-state index contributed by atoms with van der Waals surface area (Å²) in [5.74, 6) is 0.568. The van der Waals surface area contributed by atoms with Crippen LogP contribution in [0.1, 0.15) is 31.2 Å². The minimum absolute atomic E-state index is 0.110. The molecule has 0 bridgehead atoms. The van der Waals surface area contributed by atoms with Crippen LogP contribution in [0.15, 0.2) is 18.2 Å². The number of nitrogens with one attached hydrogen (secondary N) is 1. The molecule has 0 atom stereocenters. The van der Waals surface area contributed by atoms with Gasteiger partial charge in [0.25, 0.3) is 0 Å². The van der Waals surface area contributed by atoms with Crippen molar-refractivity contribution in [1.29, 1.82) is 0 Å². The molecule has 1 fully saturated rings. The summed E-state index contributed by atoms with van der Waals surface area (Å²) in [6.07, 6.45) is 0.388. The molecule has 1 nitrogen and oxygen atoms in total. The molecule has 0 aromatic heterocycles. The second-order valence-corrected chi connectivity index (χ2v) is 5.19. The van der Waals surface area contributed by atoms with Crippen LogP contribution in [0, 0.1) is 5.92 Å². The van der Waals surface area contributed by atoms with Crippen molar-refractivity contribution in [3.63, 3.8) is 0 Å². The maximum atomic E-state index is 12.6. The molecular weight excluding hydrogens is 263 g/mol. The Morgan fingerprint density at radius 1 is 1.17 bits per heavy atom. The number of anilines is 1. The molecule has 1 aromatic rings. The van der Waals surface area contributed by atoms with Gasteiger partial charge in [-0.25, -0.2) is 0 Å². The molecule has 0 unspecified atom stereocenters. The van der Waals surface area contributed by atoms with Gasteiger partial charge in [-0.2, -0.15) is 13.2 Å². The topological polar surface area (TPSA) is 12.0 Å². The summed E-state index contributed by atoms with van der Waals surface area (Å²) in [6.45, 7) is 0.720. The zero-order chi connectivity index (χ0) is 13.2. The molecule has 1 aliphatic carbocycles. The summed E-state index contributed by atoms with van der Waals surface area (Å²) in [5.41, 5.74) is -0.259. The minimum Gasteiger partial charge on any atom is -0.385 e. The van der Waals surface area contributed by atoms with Gasteiger partial charge in [0.15, 0.2) is 0 Å². The van der Waals surface area contributed by atoms with Gasteiger partial charge in [0, 0.05) is 17.3 Å². The van der Waals surface area contributed by atoms with Crippen LogP contribution < -0.4 is 5.32 Å². The lowest BCUT2D eigenvalue weighted by Crippen LogP contribution is -2.12. The predicted octanol–water partition coefficient (Wildman–Crippen LogP) is 4.96. The van der Waals surface area contributed by atoms with Gasteiger partial charge in [0.05, 0.1) is 5.56 Å². The van der Waals surface area contributed by atoms with Crippen molar-refractivity contribution < 1.29 is 13.2 Å². The normalized spacial score (nSPS) is 17.1. The second kappa shape index (κ2) is 5.39. The molecule has 0 amide bonds. The van der Waals surface area contributed by atoms with Crippen molar-refractivity contribution in [3.05, 3.63) is 28.8 Å². The fraction of sp³-hybridized carbons (Fsp3) is 0.538. The number of hydrogen-bond acceptors (Lipinski definition) is 1. The minimum atomic E-state index is -4.35. The van der Waals surface area contributed by atoms with Gasteiger partial charge in [-0.05, 0) is 37.0 Å². The maximum absolute atomic E-state index is 12.6. The van der Waals surface area contributed by atoms with E-state index in [2.05, 4.69) is 5.32 Å². The lowest BCUT2D eigenvalue weighted by atomic mass is 10.1. The van der Waals surface area contributed by atoms with Crippen LogP contribution in [0.25, 0.3) is 0 Å². The van der Waals surface area contributed by atoms with Crippen molar-refractivity contribution in [1.82, 2.24) is 0 Å².